The van der Waals surface area contributed by atoms with Crippen molar-refractivity contribution in [1.82, 2.24) is 5.32 Å². The topological polar surface area (TPSA) is 78.5 Å². The number of carbonyl (C=O) groups is 1. The monoisotopic (exact) mass is 375 g/mol. The van der Waals surface area contributed by atoms with E-state index in [0.29, 0.717) is 23.7 Å². The second-order valence-electron chi connectivity index (χ2n) is 6.68. The molecule has 26 heavy (non-hydrogen) atoms. The molecule has 0 bridgehead atoms. The standard InChI is InChI=1S/C19H25N3O3S/c1-14(2)13-20-19(23)15-6-5-7-18(12-15)26(24,25)21-16-8-10-17(11-9-16)22(3)4/h5-12,14,21H,13H2,1-4H3,(H,20,23). The summed E-state index contributed by atoms with van der Waals surface area (Å²) in [6.45, 7) is 4.52. The average Bonchev–Trinajstić information content (AvgIpc) is 2.60. The van der Waals surface area contributed by atoms with Crippen molar-refractivity contribution in [1.29, 1.82) is 0 Å². The molecule has 0 spiro atoms. The first-order valence-electron chi connectivity index (χ1n) is 8.37. The van der Waals surface area contributed by atoms with Crippen LogP contribution in [-0.2, 0) is 10.0 Å². The van der Waals surface area contributed by atoms with E-state index in [0.717, 1.165) is 5.69 Å². The summed E-state index contributed by atoms with van der Waals surface area (Å²) in [7, 11) is 0.0461. The fourth-order valence-corrected chi connectivity index (χ4v) is 3.35. The molecule has 0 aliphatic carbocycles. The predicted molar refractivity (Wildman–Crippen MR) is 105 cm³/mol. The molecule has 0 fully saturated rings. The molecule has 0 saturated heterocycles. The lowest BCUT2D eigenvalue weighted by Gasteiger charge is -2.14. The van der Waals surface area contributed by atoms with Gasteiger partial charge in [0.2, 0.25) is 0 Å². The maximum absolute atomic E-state index is 12.6. The van der Waals surface area contributed by atoms with Crippen LogP contribution in [0, 0.1) is 5.92 Å². The first-order chi connectivity index (χ1) is 12.2. The summed E-state index contributed by atoms with van der Waals surface area (Å²) in [6.07, 6.45) is 0. The van der Waals surface area contributed by atoms with Gasteiger partial charge in [0.1, 0.15) is 0 Å². The summed E-state index contributed by atoms with van der Waals surface area (Å²) < 4.78 is 27.8. The first kappa shape index (κ1) is 19.8. The highest BCUT2D eigenvalue weighted by molar-refractivity contribution is 7.92. The lowest BCUT2D eigenvalue weighted by atomic mass is 10.2. The van der Waals surface area contributed by atoms with Gasteiger partial charge in [0.25, 0.3) is 15.9 Å². The minimum Gasteiger partial charge on any atom is -0.378 e. The van der Waals surface area contributed by atoms with E-state index in [1.807, 2.05) is 45.0 Å². The van der Waals surface area contributed by atoms with E-state index in [9.17, 15) is 13.2 Å². The molecular weight excluding hydrogens is 350 g/mol. The quantitative estimate of drug-likeness (QED) is 0.780. The van der Waals surface area contributed by atoms with Gasteiger partial charge in [-0.3, -0.25) is 9.52 Å². The number of sulfonamides is 1. The van der Waals surface area contributed by atoms with E-state index >= 15 is 0 Å². The molecule has 6 nitrogen and oxygen atoms in total. The zero-order valence-corrected chi connectivity index (χ0v) is 16.3. The van der Waals surface area contributed by atoms with E-state index in [2.05, 4.69) is 10.0 Å². The highest BCUT2D eigenvalue weighted by atomic mass is 32.2. The van der Waals surface area contributed by atoms with Gasteiger partial charge in [-0.25, -0.2) is 8.42 Å². The summed E-state index contributed by atoms with van der Waals surface area (Å²) >= 11 is 0. The van der Waals surface area contributed by atoms with Crippen molar-refractivity contribution < 1.29 is 13.2 Å². The summed E-state index contributed by atoms with van der Waals surface area (Å²) in [5, 5.41) is 2.78. The zero-order valence-electron chi connectivity index (χ0n) is 15.5. The Kier molecular flexibility index (Phi) is 6.26. The number of benzene rings is 2. The van der Waals surface area contributed by atoms with Crippen LogP contribution in [-0.4, -0.2) is 35.0 Å². The molecule has 140 valence electrons. The molecule has 2 rings (SSSR count). The molecular formula is C19H25N3O3S. The largest absolute Gasteiger partial charge is 0.378 e. The Morgan fingerprint density at radius 3 is 2.31 bits per heavy atom. The van der Waals surface area contributed by atoms with Crippen LogP contribution in [0.2, 0.25) is 0 Å². The molecule has 1 amide bonds. The first-order valence-corrected chi connectivity index (χ1v) is 9.86. The van der Waals surface area contributed by atoms with Gasteiger partial charge < -0.3 is 10.2 Å². The van der Waals surface area contributed by atoms with Crippen LogP contribution in [0.4, 0.5) is 11.4 Å². The summed E-state index contributed by atoms with van der Waals surface area (Å²) in [4.78, 5) is 14.1. The van der Waals surface area contributed by atoms with Crippen molar-refractivity contribution >= 4 is 27.3 Å². The third kappa shape index (κ3) is 5.23. The molecule has 0 radical (unpaired) electrons. The van der Waals surface area contributed by atoms with Crippen molar-refractivity contribution in [2.75, 3.05) is 30.3 Å². The second kappa shape index (κ2) is 8.23. The van der Waals surface area contributed by atoms with Gasteiger partial charge in [-0.05, 0) is 48.4 Å². The number of carbonyl (C=O) groups excluding carboxylic acids is 1. The Hall–Kier alpha value is -2.54. The van der Waals surface area contributed by atoms with E-state index in [1.165, 1.54) is 12.1 Å². The number of hydrogen-bond acceptors (Lipinski definition) is 4. The molecule has 0 unspecified atom stereocenters. The lowest BCUT2D eigenvalue weighted by molar-refractivity contribution is 0.0949. The fraction of sp³-hybridized carbons (Fsp3) is 0.316. The third-order valence-electron chi connectivity index (χ3n) is 3.71. The van der Waals surface area contributed by atoms with Crippen LogP contribution in [0.3, 0.4) is 0 Å². The van der Waals surface area contributed by atoms with Crippen LogP contribution in [0.15, 0.2) is 53.4 Å². The molecule has 2 aromatic carbocycles. The van der Waals surface area contributed by atoms with E-state index in [-0.39, 0.29) is 10.8 Å². The molecule has 0 aliphatic heterocycles. The Labute approximate surface area is 155 Å². The van der Waals surface area contributed by atoms with Crippen molar-refractivity contribution in [3.05, 3.63) is 54.1 Å². The number of nitrogens with one attached hydrogen (secondary N) is 2. The minimum atomic E-state index is -3.78. The molecule has 0 heterocycles. The van der Waals surface area contributed by atoms with Gasteiger partial charge in [0.05, 0.1) is 4.90 Å². The Balaban J connectivity index is 2.18. The molecule has 2 aromatic rings. The second-order valence-corrected chi connectivity index (χ2v) is 8.36. The molecule has 0 atom stereocenters. The summed E-state index contributed by atoms with van der Waals surface area (Å²) in [5.74, 6) is 0.0313. The van der Waals surface area contributed by atoms with Gasteiger partial charge in [-0.2, -0.15) is 0 Å². The third-order valence-corrected chi connectivity index (χ3v) is 5.09. The van der Waals surface area contributed by atoms with Crippen LogP contribution in [0.25, 0.3) is 0 Å². The Morgan fingerprint density at radius 1 is 1.08 bits per heavy atom. The lowest BCUT2D eigenvalue weighted by Crippen LogP contribution is -2.27. The Bertz CT molecular complexity index is 860. The predicted octanol–water partition coefficient (Wildman–Crippen LogP) is 2.94. The van der Waals surface area contributed by atoms with Crippen molar-refractivity contribution in [3.63, 3.8) is 0 Å². The van der Waals surface area contributed by atoms with Crippen molar-refractivity contribution in [2.45, 2.75) is 18.7 Å². The van der Waals surface area contributed by atoms with Crippen LogP contribution in [0.5, 0.6) is 0 Å². The molecule has 0 aromatic heterocycles. The average molecular weight is 375 g/mol. The highest BCUT2D eigenvalue weighted by Crippen LogP contribution is 2.20. The van der Waals surface area contributed by atoms with Crippen LogP contribution >= 0.6 is 0 Å². The zero-order chi connectivity index (χ0) is 19.3. The normalized spacial score (nSPS) is 11.3. The van der Waals surface area contributed by atoms with Gasteiger partial charge in [-0.1, -0.05) is 19.9 Å². The van der Waals surface area contributed by atoms with Crippen LogP contribution in [0.1, 0.15) is 24.2 Å². The maximum Gasteiger partial charge on any atom is 0.261 e. The Morgan fingerprint density at radius 2 is 1.73 bits per heavy atom. The summed E-state index contributed by atoms with van der Waals surface area (Å²) in [6, 6.07) is 13.1. The van der Waals surface area contributed by atoms with E-state index in [1.54, 1.807) is 24.3 Å². The fourth-order valence-electron chi connectivity index (χ4n) is 2.25. The van der Waals surface area contributed by atoms with E-state index < -0.39 is 10.0 Å². The number of hydrogen-bond donors (Lipinski definition) is 2. The van der Waals surface area contributed by atoms with Crippen molar-refractivity contribution in [2.24, 2.45) is 5.92 Å². The maximum atomic E-state index is 12.6. The van der Waals surface area contributed by atoms with Gasteiger partial charge in [0, 0.05) is 37.6 Å². The van der Waals surface area contributed by atoms with Gasteiger partial charge in [-0.15, -0.1) is 0 Å². The number of rotatable bonds is 7. The highest BCUT2D eigenvalue weighted by Gasteiger charge is 2.16. The smallest absolute Gasteiger partial charge is 0.261 e. The number of amides is 1. The van der Waals surface area contributed by atoms with Crippen molar-refractivity contribution in [3.8, 4) is 0 Å². The minimum absolute atomic E-state index is 0.0476. The molecule has 7 heteroatoms. The SMILES string of the molecule is CC(C)CNC(=O)c1cccc(S(=O)(=O)Nc2ccc(N(C)C)cc2)c1. The molecule has 2 N–H and O–H groups in total. The van der Waals surface area contributed by atoms with Gasteiger partial charge in [0.15, 0.2) is 0 Å². The van der Waals surface area contributed by atoms with Gasteiger partial charge >= 0.3 is 0 Å². The molecule has 0 aliphatic rings. The number of anilines is 2. The summed E-state index contributed by atoms with van der Waals surface area (Å²) in [5.41, 5.74) is 1.75. The van der Waals surface area contributed by atoms with E-state index in [4.69, 9.17) is 0 Å². The van der Waals surface area contributed by atoms with Crippen LogP contribution < -0.4 is 14.9 Å². The molecule has 0 saturated carbocycles. The number of nitrogens with zero attached hydrogens (tertiary/aromatic N) is 1.